The largest absolute Gasteiger partial charge is 0.462 e. The van der Waals surface area contributed by atoms with Gasteiger partial charge >= 0.3 is 5.97 Å². The first-order chi connectivity index (χ1) is 13.8. The van der Waals surface area contributed by atoms with E-state index in [0.717, 1.165) is 25.7 Å². The van der Waals surface area contributed by atoms with E-state index < -0.39 is 6.29 Å². The molecule has 2 aliphatic carbocycles. The molecule has 0 radical (unpaired) electrons. The zero-order valence-corrected chi connectivity index (χ0v) is 19.1. The van der Waals surface area contributed by atoms with E-state index in [1.165, 1.54) is 23.6 Å². The Kier molecular flexibility index (Phi) is 7.23. The summed E-state index contributed by atoms with van der Waals surface area (Å²) in [7, 11) is 3.38. The lowest BCUT2D eigenvalue weighted by Crippen LogP contribution is -2.38. The van der Waals surface area contributed by atoms with E-state index in [2.05, 4.69) is 33.8 Å². The summed E-state index contributed by atoms with van der Waals surface area (Å²) in [6.07, 6.45) is 5.43. The molecule has 3 aliphatic rings. The molecule has 8 atom stereocenters. The molecule has 0 N–H and O–H groups in total. The molecule has 3 rings (SSSR count). The van der Waals surface area contributed by atoms with Crippen LogP contribution in [0.3, 0.4) is 0 Å². The fraction of sp³-hybridized carbons (Fsp3) is 0.792. The Bertz CT molecular complexity index is 662. The standard InChI is InChI=1S/C24H38O5/c1-13(2)9-8-10-14(3)20-19(28-16(5)25)11-15(4)17-12-18(17)21-22(20)24(27-7)29-23(21)26-6/h9,14-15,17-20,23-24H,8,10-12H2,1-7H3. The van der Waals surface area contributed by atoms with Gasteiger partial charge in [0.25, 0.3) is 0 Å². The SMILES string of the molecule is COC1OC(OC)C2=C1C1CC1C(C)CC(OC(C)=O)C2C(C)CCC=C(C)C. The number of hydrogen-bond donors (Lipinski definition) is 0. The number of hydrogen-bond acceptors (Lipinski definition) is 5. The van der Waals surface area contributed by atoms with Crippen molar-refractivity contribution < 1.29 is 23.7 Å². The highest BCUT2D eigenvalue weighted by Crippen LogP contribution is 2.58. The predicted octanol–water partition coefficient (Wildman–Crippen LogP) is 4.86. The second kappa shape index (κ2) is 9.32. The zero-order chi connectivity index (χ0) is 21.3. The Balaban J connectivity index is 2.02. The first-order valence-electron chi connectivity index (χ1n) is 11.0. The highest BCUT2D eigenvalue weighted by molar-refractivity contribution is 5.66. The van der Waals surface area contributed by atoms with Crippen LogP contribution in [0.4, 0.5) is 0 Å². The molecule has 0 bridgehead atoms. The van der Waals surface area contributed by atoms with Crippen molar-refractivity contribution in [3.05, 3.63) is 22.8 Å². The molecule has 5 nitrogen and oxygen atoms in total. The van der Waals surface area contributed by atoms with Crippen LogP contribution in [0.1, 0.15) is 60.3 Å². The van der Waals surface area contributed by atoms with Gasteiger partial charge in [-0.1, -0.05) is 25.5 Å². The highest BCUT2D eigenvalue weighted by atomic mass is 16.8. The maximum atomic E-state index is 12.0. The number of allylic oxidation sites excluding steroid dienone is 2. The lowest BCUT2D eigenvalue weighted by molar-refractivity contribution is -0.184. The fourth-order valence-corrected chi connectivity index (χ4v) is 5.55. The smallest absolute Gasteiger partial charge is 0.302 e. The van der Waals surface area contributed by atoms with Gasteiger partial charge in [0.05, 0.1) is 0 Å². The molecule has 1 heterocycles. The Labute approximate surface area is 175 Å². The molecule has 8 unspecified atom stereocenters. The number of methoxy groups -OCH3 is 2. The van der Waals surface area contributed by atoms with Crippen LogP contribution in [0, 0.1) is 29.6 Å². The molecule has 164 valence electrons. The average molecular weight is 407 g/mol. The Hall–Kier alpha value is -1.17. The number of rotatable bonds is 7. The Morgan fingerprint density at radius 2 is 1.79 bits per heavy atom. The van der Waals surface area contributed by atoms with Crippen molar-refractivity contribution in [2.45, 2.75) is 79.0 Å². The van der Waals surface area contributed by atoms with Crippen molar-refractivity contribution in [1.82, 2.24) is 0 Å². The van der Waals surface area contributed by atoms with Gasteiger partial charge in [-0.25, -0.2) is 0 Å². The summed E-state index contributed by atoms with van der Waals surface area (Å²) >= 11 is 0. The summed E-state index contributed by atoms with van der Waals surface area (Å²) in [6, 6.07) is 0. The Morgan fingerprint density at radius 3 is 2.38 bits per heavy atom. The van der Waals surface area contributed by atoms with E-state index >= 15 is 0 Å². The molecule has 5 heteroatoms. The van der Waals surface area contributed by atoms with E-state index in [-0.39, 0.29) is 24.3 Å². The lowest BCUT2D eigenvalue weighted by atomic mass is 9.73. The van der Waals surface area contributed by atoms with Crippen LogP contribution in [0.2, 0.25) is 0 Å². The third kappa shape index (κ3) is 4.78. The summed E-state index contributed by atoms with van der Waals surface area (Å²) in [4.78, 5) is 12.0. The van der Waals surface area contributed by atoms with Gasteiger partial charge in [-0.15, -0.1) is 0 Å². The molecule has 0 saturated heterocycles. The lowest BCUT2D eigenvalue weighted by Gasteiger charge is -2.37. The third-order valence-corrected chi connectivity index (χ3v) is 6.96. The maximum absolute atomic E-state index is 12.0. The van der Waals surface area contributed by atoms with Crippen molar-refractivity contribution in [3.8, 4) is 0 Å². The van der Waals surface area contributed by atoms with Gasteiger partial charge in [-0.05, 0) is 74.3 Å². The molecule has 0 aromatic heterocycles. The second-order valence-corrected chi connectivity index (χ2v) is 9.41. The van der Waals surface area contributed by atoms with Crippen LogP contribution in [0.25, 0.3) is 0 Å². The molecule has 0 aromatic rings. The molecule has 0 aromatic carbocycles. The van der Waals surface area contributed by atoms with Gasteiger partial charge in [0.15, 0.2) is 12.6 Å². The minimum atomic E-state index is -0.432. The summed E-state index contributed by atoms with van der Waals surface area (Å²) in [6.45, 7) is 10.3. The minimum Gasteiger partial charge on any atom is -0.462 e. The monoisotopic (exact) mass is 406 g/mol. The maximum Gasteiger partial charge on any atom is 0.302 e. The van der Waals surface area contributed by atoms with Crippen LogP contribution in [-0.4, -0.2) is 38.9 Å². The fourth-order valence-electron chi connectivity index (χ4n) is 5.55. The van der Waals surface area contributed by atoms with Gasteiger partial charge in [0.2, 0.25) is 0 Å². The van der Waals surface area contributed by atoms with Crippen molar-refractivity contribution in [1.29, 1.82) is 0 Å². The van der Waals surface area contributed by atoms with Crippen molar-refractivity contribution >= 4 is 5.97 Å². The number of ether oxygens (including phenoxy) is 4. The van der Waals surface area contributed by atoms with Gasteiger partial charge in [-0.2, -0.15) is 0 Å². The first-order valence-corrected chi connectivity index (χ1v) is 11.0. The third-order valence-electron chi connectivity index (χ3n) is 6.96. The van der Waals surface area contributed by atoms with Crippen LogP contribution in [0.5, 0.6) is 0 Å². The van der Waals surface area contributed by atoms with Gasteiger partial charge < -0.3 is 18.9 Å². The quantitative estimate of drug-likeness (QED) is 0.446. The van der Waals surface area contributed by atoms with E-state index in [4.69, 9.17) is 18.9 Å². The van der Waals surface area contributed by atoms with Gasteiger partial charge in [0, 0.05) is 27.1 Å². The van der Waals surface area contributed by atoms with Crippen molar-refractivity contribution in [3.63, 3.8) is 0 Å². The van der Waals surface area contributed by atoms with Crippen molar-refractivity contribution in [2.75, 3.05) is 14.2 Å². The average Bonchev–Trinajstić information content (AvgIpc) is 3.34. The second-order valence-electron chi connectivity index (χ2n) is 9.41. The van der Waals surface area contributed by atoms with Gasteiger partial charge in [-0.3, -0.25) is 4.79 Å². The topological polar surface area (TPSA) is 54.0 Å². The molecular weight excluding hydrogens is 368 g/mol. The Morgan fingerprint density at radius 1 is 1.14 bits per heavy atom. The normalized spacial score (nSPS) is 37.1. The first kappa shape index (κ1) is 22.5. The summed E-state index contributed by atoms with van der Waals surface area (Å²) in [5.74, 6) is 1.81. The summed E-state index contributed by atoms with van der Waals surface area (Å²) < 4.78 is 23.6. The van der Waals surface area contributed by atoms with E-state index in [1.807, 2.05) is 0 Å². The number of esters is 1. The summed E-state index contributed by atoms with van der Waals surface area (Å²) in [5, 5.41) is 0. The zero-order valence-electron chi connectivity index (χ0n) is 19.1. The predicted molar refractivity (Wildman–Crippen MR) is 112 cm³/mol. The molecule has 0 spiro atoms. The molecule has 1 aliphatic heterocycles. The summed E-state index contributed by atoms with van der Waals surface area (Å²) in [5.41, 5.74) is 3.76. The van der Waals surface area contributed by atoms with Crippen LogP contribution in [-0.2, 0) is 23.7 Å². The molecule has 29 heavy (non-hydrogen) atoms. The number of carbonyl (C=O) groups is 1. The van der Waals surface area contributed by atoms with Crippen LogP contribution < -0.4 is 0 Å². The highest BCUT2D eigenvalue weighted by Gasteiger charge is 2.55. The van der Waals surface area contributed by atoms with Gasteiger partial charge in [0.1, 0.15) is 6.10 Å². The number of fused-ring (bicyclic) bond motifs is 2. The van der Waals surface area contributed by atoms with Crippen LogP contribution in [0.15, 0.2) is 22.8 Å². The van der Waals surface area contributed by atoms with E-state index in [9.17, 15) is 4.79 Å². The molecule has 1 fully saturated rings. The molecule has 1 saturated carbocycles. The number of carbonyl (C=O) groups excluding carboxylic acids is 1. The van der Waals surface area contributed by atoms with E-state index in [0.29, 0.717) is 23.7 Å². The van der Waals surface area contributed by atoms with Crippen molar-refractivity contribution in [2.24, 2.45) is 29.6 Å². The molecular formula is C24H38O5. The van der Waals surface area contributed by atoms with Crippen LogP contribution >= 0.6 is 0 Å². The molecule has 0 amide bonds. The van der Waals surface area contributed by atoms with E-state index in [1.54, 1.807) is 14.2 Å². The minimum absolute atomic E-state index is 0.0774.